The zero-order valence-corrected chi connectivity index (χ0v) is 52.8. The zero-order valence-electron chi connectivity index (χ0n) is 51.9. The number of rotatable bonds is 48. The van der Waals surface area contributed by atoms with Crippen molar-refractivity contribution in [3.63, 3.8) is 0 Å². The van der Waals surface area contributed by atoms with Crippen LogP contribution in [-0.2, 0) is 4.57 Å². The largest absolute Gasteiger partial charge is 0.822 e. The van der Waals surface area contributed by atoms with Crippen molar-refractivity contribution in [3.05, 3.63) is 0 Å². The topological polar surface area (TPSA) is 99.6 Å². The summed E-state index contributed by atoms with van der Waals surface area (Å²) < 4.78 is 8.55. The van der Waals surface area contributed by atoms with Crippen molar-refractivity contribution in [2.45, 2.75) is 333 Å². The lowest BCUT2D eigenvalue weighted by Gasteiger charge is -2.36. The van der Waals surface area contributed by atoms with Crippen molar-refractivity contribution in [1.29, 1.82) is 0 Å². The minimum Gasteiger partial charge on any atom is -0.822 e. The molecule has 71 heavy (non-hydrogen) atoms. The normalized spacial score (nSPS) is 13.4. The summed E-state index contributed by atoms with van der Waals surface area (Å²) in [7, 11) is 1.78. The van der Waals surface area contributed by atoms with Crippen molar-refractivity contribution in [2.75, 3.05) is 60.4 Å². The lowest BCUT2D eigenvalue weighted by molar-refractivity contribution is -0.880. The van der Waals surface area contributed by atoms with Crippen LogP contribution < -0.4 is 29.4 Å². The third kappa shape index (κ3) is 53.2. The number of hydrogen-bond donors (Lipinski definition) is 3. The molecular formula is C63H138N3O4P. The van der Waals surface area contributed by atoms with E-state index >= 15 is 0 Å². The first-order valence-corrected chi connectivity index (χ1v) is 33.5. The Morgan fingerprint density at radius 2 is 0.366 bits per heavy atom. The maximum Gasteiger partial charge on any atom is 0.0769 e. The lowest BCUT2D eigenvalue weighted by Crippen LogP contribution is -3.09. The predicted molar refractivity (Wildman–Crippen MR) is 313 cm³/mol. The molecule has 0 saturated carbocycles. The molecule has 0 aliphatic heterocycles. The van der Waals surface area contributed by atoms with Crippen LogP contribution in [0.25, 0.3) is 0 Å². The Balaban J connectivity index is -0.000000451. The van der Waals surface area contributed by atoms with Crippen LogP contribution in [0, 0.1) is 16.2 Å². The molecule has 0 aliphatic carbocycles. The zero-order chi connectivity index (χ0) is 54.6. The molecule has 0 aromatic heterocycles. The summed E-state index contributed by atoms with van der Waals surface area (Å²) in [6.45, 7) is 36.3. The molecule has 0 aromatic rings. The molecule has 3 atom stereocenters. The average molecular weight is 1030 g/mol. The van der Waals surface area contributed by atoms with Crippen LogP contribution >= 0.6 is 7.82 Å². The molecule has 0 amide bonds. The van der Waals surface area contributed by atoms with Gasteiger partial charge in [-0.15, -0.1) is 0 Å². The number of unbranched alkanes of at least 4 members (excludes halogenated alkanes) is 12. The molecule has 0 fully saturated rings. The van der Waals surface area contributed by atoms with Gasteiger partial charge in [0.25, 0.3) is 0 Å². The molecule has 8 heteroatoms. The van der Waals surface area contributed by atoms with Crippen LogP contribution in [0.1, 0.15) is 333 Å². The van der Waals surface area contributed by atoms with E-state index in [2.05, 4.69) is 104 Å². The van der Waals surface area contributed by atoms with Gasteiger partial charge in [0, 0.05) is 0 Å². The molecular weight excluding hydrogens is 894 g/mol. The highest BCUT2D eigenvalue weighted by atomic mass is 31.2. The van der Waals surface area contributed by atoms with Gasteiger partial charge in [-0.2, -0.15) is 7.82 Å². The van der Waals surface area contributed by atoms with Gasteiger partial charge in [0.2, 0.25) is 0 Å². The van der Waals surface area contributed by atoms with Crippen molar-refractivity contribution < 1.29 is 33.9 Å². The van der Waals surface area contributed by atoms with Crippen LogP contribution in [-0.4, -0.2) is 60.4 Å². The molecule has 0 aliphatic rings. The van der Waals surface area contributed by atoms with Gasteiger partial charge < -0.3 is 33.9 Å². The average Bonchev–Trinajstić information content (AvgIpc) is 3.35. The molecule has 0 rings (SSSR count). The van der Waals surface area contributed by atoms with E-state index in [1.807, 2.05) is 0 Å². The minimum atomic E-state index is -5.39. The van der Waals surface area contributed by atoms with Crippen LogP contribution in [0.15, 0.2) is 0 Å². The van der Waals surface area contributed by atoms with E-state index in [0.29, 0.717) is 16.2 Å². The van der Waals surface area contributed by atoms with Crippen LogP contribution in [0.2, 0.25) is 0 Å². The van der Waals surface area contributed by atoms with Crippen molar-refractivity contribution in [3.8, 4) is 0 Å². The fraction of sp³-hybridized carbons (Fsp3) is 1.00. The molecule has 3 N–H and O–H groups in total. The summed E-state index contributed by atoms with van der Waals surface area (Å²) >= 11 is 0. The highest BCUT2D eigenvalue weighted by molar-refractivity contribution is 7.40. The highest BCUT2D eigenvalue weighted by Gasteiger charge is 2.30. The molecule has 7 nitrogen and oxygen atoms in total. The minimum absolute atomic E-state index is 0.674. The van der Waals surface area contributed by atoms with Crippen molar-refractivity contribution >= 4 is 7.82 Å². The highest BCUT2D eigenvalue weighted by Crippen LogP contribution is 2.43. The van der Waals surface area contributed by atoms with Crippen molar-refractivity contribution in [1.82, 2.24) is 0 Å². The van der Waals surface area contributed by atoms with E-state index in [1.54, 1.807) is 14.7 Å². The molecule has 0 spiro atoms. The van der Waals surface area contributed by atoms with Crippen LogP contribution in [0.5, 0.6) is 0 Å². The Bertz CT molecular complexity index is 884. The molecule has 0 saturated heterocycles. The SMILES string of the molecule is CCCC[NH+](C)CCCC(CCCC)(CCCC)CCCC.CCCC[NH+](C)CCCC(CCCC)(CCCC)CCCC.CCCC[NH+](C)CCCC(CCCC)(CCCC)CCCC.O=P([O-])([O-])[O-]. The molecule has 3 unspecified atom stereocenters. The van der Waals surface area contributed by atoms with Gasteiger partial charge in [0.15, 0.2) is 0 Å². The van der Waals surface area contributed by atoms with Gasteiger partial charge in [-0.3, -0.25) is 0 Å². The third-order valence-corrected chi connectivity index (χ3v) is 16.3. The molecule has 0 aromatic carbocycles. The van der Waals surface area contributed by atoms with E-state index in [1.165, 1.54) is 290 Å². The Hall–Kier alpha value is -0.0100. The molecule has 0 radical (unpaired) electrons. The first kappa shape index (κ1) is 77.5. The number of quaternary nitrogens is 3. The van der Waals surface area contributed by atoms with E-state index in [4.69, 9.17) is 19.2 Å². The fourth-order valence-electron chi connectivity index (χ4n) is 11.3. The number of hydrogen-bond acceptors (Lipinski definition) is 4. The molecule has 0 heterocycles. The Morgan fingerprint density at radius 3 is 0.493 bits per heavy atom. The van der Waals surface area contributed by atoms with Gasteiger partial charge in [-0.05, 0) is 132 Å². The summed E-state index contributed by atoms with van der Waals surface area (Å²) in [4.78, 5) is 30.9. The summed E-state index contributed by atoms with van der Waals surface area (Å²) in [5, 5.41) is 0. The summed E-state index contributed by atoms with van der Waals surface area (Å²) in [5.41, 5.74) is 2.02. The van der Waals surface area contributed by atoms with Crippen LogP contribution in [0.3, 0.4) is 0 Å². The smallest absolute Gasteiger partial charge is 0.0769 e. The monoisotopic (exact) mass is 1030 g/mol. The maximum atomic E-state index is 8.55. The van der Waals surface area contributed by atoms with Gasteiger partial charge >= 0.3 is 0 Å². The summed E-state index contributed by atoms with van der Waals surface area (Å²) in [6.07, 6.45) is 55.5. The Morgan fingerprint density at radius 1 is 0.254 bits per heavy atom. The summed E-state index contributed by atoms with van der Waals surface area (Å²) in [6, 6.07) is 0. The van der Waals surface area contributed by atoms with Crippen LogP contribution in [0.4, 0.5) is 0 Å². The standard InChI is InChI=1S/3C21H45N.H3O4P/c3*1-6-10-15-21(16-11-7-2,17-12-8-3)18-14-20-22(5)19-13-9-4;1-5(2,3)4/h3*6-20H2,1-5H3;(H3,1,2,3,4). The van der Waals surface area contributed by atoms with Crippen molar-refractivity contribution in [2.24, 2.45) is 16.2 Å². The number of phosphoric acid groups is 1. The van der Waals surface area contributed by atoms with Gasteiger partial charge in [-0.25, -0.2) is 0 Å². The first-order valence-electron chi connectivity index (χ1n) is 32.1. The molecule has 434 valence electrons. The second kappa shape index (κ2) is 54.8. The van der Waals surface area contributed by atoms with Gasteiger partial charge in [0.05, 0.1) is 60.4 Å². The van der Waals surface area contributed by atoms with E-state index < -0.39 is 7.82 Å². The second-order valence-electron chi connectivity index (χ2n) is 23.6. The Labute approximate surface area is 450 Å². The molecule has 0 bridgehead atoms. The van der Waals surface area contributed by atoms with E-state index in [-0.39, 0.29) is 0 Å². The van der Waals surface area contributed by atoms with Gasteiger partial charge in [-0.1, -0.05) is 218 Å². The fourth-order valence-corrected chi connectivity index (χ4v) is 11.3. The van der Waals surface area contributed by atoms with E-state index in [9.17, 15) is 0 Å². The Kier molecular flexibility index (Phi) is 59.8. The quantitative estimate of drug-likeness (QED) is 0.0529. The summed E-state index contributed by atoms with van der Waals surface area (Å²) in [5.74, 6) is 0. The predicted octanol–water partition coefficient (Wildman–Crippen LogP) is 14.1. The number of nitrogens with one attached hydrogen (secondary N) is 3. The lowest BCUT2D eigenvalue weighted by atomic mass is 9.71. The maximum absolute atomic E-state index is 8.55. The van der Waals surface area contributed by atoms with E-state index in [0.717, 1.165) is 0 Å². The first-order chi connectivity index (χ1) is 33.9. The van der Waals surface area contributed by atoms with Gasteiger partial charge in [0.1, 0.15) is 0 Å². The third-order valence-electron chi connectivity index (χ3n) is 16.3. The second-order valence-corrected chi connectivity index (χ2v) is 24.5.